The van der Waals surface area contributed by atoms with E-state index in [2.05, 4.69) is 13.8 Å². The van der Waals surface area contributed by atoms with Crippen LogP contribution in [0, 0.1) is 5.41 Å². The van der Waals surface area contributed by atoms with Crippen molar-refractivity contribution in [2.45, 2.75) is 66.1 Å². The van der Waals surface area contributed by atoms with Crippen LogP contribution in [-0.2, 0) is 0 Å². The molecule has 1 N–H and O–H groups in total. The molecule has 98 valence electrons. The Balaban J connectivity index is 0. The average molecular weight is 236 g/mol. The number of hydrogen-bond acceptors (Lipinski definition) is 1. The maximum Gasteiger partial charge on any atom is 0.0856 e. The quantitative estimate of drug-likeness (QED) is 0.430. The predicted molar refractivity (Wildman–Crippen MR) is 79.9 cm³/mol. The van der Waals surface area contributed by atoms with Crippen molar-refractivity contribution < 1.29 is 0 Å². The Morgan fingerprint density at radius 3 is 2.18 bits per heavy atom. The first kappa shape index (κ1) is 18.6. The average Bonchev–Trinajstić information content (AvgIpc) is 2.36. The first-order valence-electron chi connectivity index (χ1n) is 6.71. The fourth-order valence-electron chi connectivity index (χ4n) is 1.85. The SMILES string of the molecule is CC.CC.[B]C1(C)CCCC(N(C)C=N)=C1C. The Morgan fingerprint density at radius 1 is 1.29 bits per heavy atom. The lowest BCUT2D eigenvalue weighted by atomic mass is 9.60. The third-order valence-electron chi connectivity index (χ3n) is 3.02. The lowest BCUT2D eigenvalue weighted by molar-refractivity contribution is 0.479. The van der Waals surface area contributed by atoms with Crippen LogP contribution >= 0.6 is 0 Å². The minimum absolute atomic E-state index is 0.176. The Labute approximate surface area is 109 Å². The topological polar surface area (TPSA) is 27.1 Å². The molecule has 0 heterocycles. The zero-order valence-electron chi connectivity index (χ0n) is 12.7. The van der Waals surface area contributed by atoms with Crippen molar-refractivity contribution in [3.63, 3.8) is 0 Å². The molecule has 0 amide bonds. The molecule has 1 aliphatic carbocycles. The van der Waals surface area contributed by atoms with Crippen LogP contribution < -0.4 is 0 Å². The van der Waals surface area contributed by atoms with Crippen molar-refractivity contribution >= 4 is 14.2 Å². The van der Waals surface area contributed by atoms with Gasteiger partial charge in [-0.05, 0) is 25.1 Å². The van der Waals surface area contributed by atoms with Gasteiger partial charge in [0, 0.05) is 12.7 Å². The first-order valence-corrected chi connectivity index (χ1v) is 6.71. The highest BCUT2D eigenvalue weighted by atomic mass is 15.1. The van der Waals surface area contributed by atoms with Gasteiger partial charge in [0.2, 0.25) is 0 Å². The van der Waals surface area contributed by atoms with Gasteiger partial charge in [-0.1, -0.05) is 46.6 Å². The molecule has 0 aromatic rings. The highest BCUT2D eigenvalue weighted by Crippen LogP contribution is 2.43. The second kappa shape index (κ2) is 9.32. The van der Waals surface area contributed by atoms with Crippen molar-refractivity contribution in [2.24, 2.45) is 0 Å². The standard InChI is InChI=1S/C10H17BN2.2C2H6/c1-8-9(13(3)7-12)5-4-6-10(8,2)11;2*1-2/h7,12H,4-6H2,1-3H3;2*1-2H3. The molecular weight excluding hydrogens is 207 g/mol. The van der Waals surface area contributed by atoms with E-state index in [1.54, 1.807) is 0 Å². The van der Waals surface area contributed by atoms with Crippen LogP contribution in [-0.4, -0.2) is 26.1 Å². The van der Waals surface area contributed by atoms with Gasteiger partial charge in [0.05, 0.1) is 14.2 Å². The summed E-state index contributed by atoms with van der Waals surface area (Å²) < 4.78 is 0. The molecule has 0 spiro atoms. The zero-order chi connectivity index (χ0) is 14.1. The number of rotatable bonds is 2. The van der Waals surface area contributed by atoms with E-state index in [9.17, 15) is 0 Å². The van der Waals surface area contributed by atoms with E-state index in [-0.39, 0.29) is 5.31 Å². The molecule has 1 rings (SSSR count). The summed E-state index contributed by atoms with van der Waals surface area (Å²) >= 11 is 0. The molecule has 0 bridgehead atoms. The Hall–Kier alpha value is -0.725. The van der Waals surface area contributed by atoms with E-state index in [4.69, 9.17) is 13.3 Å². The van der Waals surface area contributed by atoms with E-state index in [1.807, 2.05) is 39.6 Å². The zero-order valence-corrected chi connectivity index (χ0v) is 12.7. The molecule has 1 atom stereocenters. The van der Waals surface area contributed by atoms with Crippen molar-refractivity contribution in [2.75, 3.05) is 7.05 Å². The van der Waals surface area contributed by atoms with Crippen molar-refractivity contribution in [1.29, 1.82) is 5.41 Å². The summed E-state index contributed by atoms with van der Waals surface area (Å²) in [4.78, 5) is 1.86. The largest absolute Gasteiger partial charge is 0.340 e. The Kier molecular flexibility index (Phi) is 10.2. The minimum Gasteiger partial charge on any atom is -0.340 e. The van der Waals surface area contributed by atoms with Crippen LogP contribution in [0.3, 0.4) is 0 Å². The molecule has 0 saturated carbocycles. The molecular formula is C14H29BN2. The molecule has 1 unspecified atom stereocenters. The van der Waals surface area contributed by atoms with Crippen LogP contribution in [0.25, 0.3) is 0 Å². The number of allylic oxidation sites excluding steroid dienone is 2. The summed E-state index contributed by atoms with van der Waals surface area (Å²) in [5.74, 6) is 0. The van der Waals surface area contributed by atoms with Crippen LogP contribution in [0.15, 0.2) is 11.3 Å². The maximum absolute atomic E-state index is 7.19. The summed E-state index contributed by atoms with van der Waals surface area (Å²) in [6.07, 6.45) is 4.57. The fourth-order valence-corrected chi connectivity index (χ4v) is 1.85. The third-order valence-corrected chi connectivity index (χ3v) is 3.02. The first-order chi connectivity index (χ1) is 7.99. The van der Waals surface area contributed by atoms with Gasteiger partial charge >= 0.3 is 0 Å². The molecule has 0 aromatic carbocycles. The fraction of sp³-hybridized carbons (Fsp3) is 0.786. The van der Waals surface area contributed by atoms with Crippen LogP contribution in [0.5, 0.6) is 0 Å². The molecule has 2 nitrogen and oxygen atoms in total. The molecule has 0 aromatic heterocycles. The molecule has 2 radical (unpaired) electrons. The van der Waals surface area contributed by atoms with E-state index >= 15 is 0 Å². The van der Waals surface area contributed by atoms with Crippen LogP contribution in [0.2, 0.25) is 5.31 Å². The van der Waals surface area contributed by atoms with E-state index in [1.165, 1.54) is 17.6 Å². The molecule has 0 saturated heterocycles. The molecule has 0 fully saturated rings. The summed E-state index contributed by atoms with van der Waals surface area (Å²) in [6.45, 7) is 12.1. The smallest absolute Gasteiger partial charge is 0.0856 e. The van der Waals surface area contributed by atoms with Gasteiger partial charge in [0.25, 0.3) is 0 Å². The predicted octanol–water partition coefficient (Wildman–Crippen LogP) is 4.38. The van der Waals surface area contributed by atoms with Gasteiger partial charge in [0.15, 0.2) is 0 Å². The van der Waals surface area contributed by atoms with Crippen LogP contribution in [0.4, 0.5) is 0 Å². The highest BCUT2D eigenvalue weighted by molar-refractivity contribution is 6.17. The van der Waals surface area contributed by atoms with Gasteiger partial charge < -0.3 is 4.90 Å². The summed E-state index contributed by atoms with van der Waals surface area (Å²) in [7, 11) is 8.05. The maximum atomic E-state index is 7.19. The second-order valence-electron chi connectivity index (χ2n) is 4.08. The van der Waals surface area contributed by atoms with Gasteiger partial charge in [-0.3, -0.25) is 5.41 Å². The lowest BCUT2D eigenvalue weighted by Gasteiger charge is -2.36. The molecule has 1 aliphatic rings. The van der Waals surface area contributed by atoms with Crippen molar-refractivity contribution in [3.8, 4) is 0 Å². The van der Waals surface area contributed by atoms with E-state index in [0.717, 1.165) is 19.3 Å². The Bertz CT molecular complexity index is 245. The normalized spacial score (nSPS) is 22.8. The van der Waals surface area contributed by atoms with E-state index < -0.39 is 0 Å². The summed E-state index contributed by atoms with van der Waals surface area (Å²) in [5, 5.41) is 7.01. The van der Waals surface area contributed by atoms with Gasteiger partial charge in [0.1, 0.15) is 0 Å². The number of hydrogen-bond donors (Lipinski definition) is 1. The minimum atomic E-state index is -0.176. The monoisotopic (exact) mass is 236 g/mol. The molecule has 0 aliphatic heterocycles. The number of nitrogens with one attached hydrogen (secondary N) is 1. The molecule has 3 heteroatoms. The van der Waals surface area contributed by atoms with E-state index in [0.29, 0.717) is 0 Å². The van der Waals surface area contributed by atoms with Crippen molar-refractivity contribution in [3.05, 3.63) is 11.3 Å². The van der Waals surface area contributed by atoms with Crippen LogP contribution in [0.1, 0.15) is 60.8 Å². The van der Waals surface area contributed by atoms with Gasteiger partial charge in [-0.25, -0.2) is 0 Å². The molecule has 17 heavy (non-hydrogen) atoms. The highest BCUT2D eigenvalue weighted by Gasteiger charge is 2.27. The van der Waals surface area contributed by atoms with Gasteiger partial charge in [-0.2, -0.15) is 0 Å². The summed E-state index contributed by atoms with van der Waals surface area (Å²) in [6, 6.07) is 0. The summed E-state index contributed by atoms with van der Waals surface area (Å²) in [5.41, 5.74) is 2.44. The Morgan fingerprint density at radius 2 is 1.76 bits per heavy atom. The number of nitrogens with zero attached hydrogens (tertiary/aromatic N) is 1. The lowest BCUT2D eigenvalue weighted by Crippen LogP contribution is -2.25. The van der Waals surface area contributed by atoms with Gasteiger partial charge in [-0.15, -0.1) is 0 Å². The van der Waals surface area contributed by atoms with Crippen molar-refractivity contribution in [1.82, 2.24) is 4.90 Å². The second-order valence-corrected chi connectivity index (χ2v) is 4.08. The third kappa shape index (κ3) is 5.43.